The number of hydrogen-bond donors (Lipinski definition) is 1. The molecule has 0 fully saturated rings. The average Bonchev–Trinajstić information content (AvgIpc) is 2.49. The maximum absolute atomic E-state index is 11.3. The van der Waals surface area contributed by atoms with Crippen molar-refractivity contribution in [1.29, 1.82) is 0 Å². The van der Waals surface area contributed by atoms with Crippen molar-refractivity contribution < 1.29 is 9.90 Å². The van der Waals surface area contributed by atoms with Gasteiger partial charge in [-0.3, -0.25) is 0 Å². The molecule has 0 atom stereocenters. The molecule has 1 N–H and O–H groups in total. The van der Waals surface area contributed by atoms with Gasteiger partial charge in [-0.2, -0.15) is 0 Å². The second-order valence-electron chi connectivity index (χ2n) is 6.49. The maximum atomic E-state index is 11.3. The smallest absolute Gasteiger partial charge is 0.335 e. The predicted octanol–water partition coefficient (Wildman–Crippen LogP) is 5.99. The number of hydrogen-bond acceptors (Lipinski definition) is 1. The molecule has 0 aliphatic rings. The lowest BCUT2D eigenvalue weighted by Gasteiger charge is -2.14. The van der Waals surface area contributed by atoms with Crippen LogP contribution in [-0.4, -0.2) is 11.1 Å². The van der Waals surface area contributed by atoms with Crippen molar-refractivity contribution in [1.82, 2.24) is 0 Å². The van der Waals surface area contributed by atoms with E-state index in [4.69, 9.17) is 0 Å². The highest BCUT2D eigenvalue weighted by Gasteiger charge is 2.13. The molecular formula is C20H32O2. The third-order valence-corrected chi connectivity index (χ3v) is 4.86. The first kappa shape index (κ1) is 18.7. The largest absolute Gasteiger partial charge is 0.478 e. The van der Waals surface area contributed by atoms with Crippen LogP contribution in [0.1, 0.15) is 90.9 Å². The van der Waals surface area contributed by atoms with Gasteiger partial charge in [-0.15, -0.1) is 0 Å². The number of carboxylic acid groups (broad SMARTS) is 1. The van der Waals surface area contributed by atoms with Crippen molar-refractivity contribution in [3.63, 3.8) is 0 Å². The maximum Gasteiger partial charge on any atom is 0.335 e. The lowest BCUT2D eigenvalue weighted by molar-refractivity contribution is 0.0696. The minimum Gasteiger partial charge on any atom is -0.478 e. The van der Waals surface area contributed by atoms with Crippen LogP contribution < -0.4 is 0 Å². The normalized spacial score (nSPS) is 10.9. The summed E-state index contributed by atoms with van der Waals surface area (Å²) >= 11 is 0. The Morgan fingerprint density at radius 1 is 0.864 bits per heavy atom. The molecule has 0 unspecified atom stereocenters. The Morgan fingerprint density at radius 3 is 1.95 bits per heavy atom. The molecule has 0 aliphatic carbocycles. The van der Waals surface area contributed by atoms with Gasteiger partial charge in [0.05, 0.1) is 5.56 Å². The fourth-order valence-corrected chi connectivity index (χ4v) is 3.05. The van der Waals surface area contributed by atoms with Gasteiger partial charge in [0.1, 0.15) is 0 Å². The molecule has 22 heavy (non-hydrogen) atoms. The highest BCUT2D eigenvalue weighted by molar-refractivity contribution is 5.90. The zero-order valence-corrected chi connectivity index (χ0v) is 14.8. The first-order chi connectivity index (χ1) is 10.5. The third kappa shape index (κ3) is 5.47. The average molecular weight is 304 g/mol. The van der Waals surface area contributed by atoms with Crippen LogP contribution >= 0.6 is 0 Å². The number of unbranched alkanes of at least 4 members (excludes halogenated alkanes) is 7. The van der Waals surface area contributed by atoms with Gasteiger partial charge < -0.3 is 5.11 Å². The van der Waals surface area contributed by atoms with Crippen LogP contribution in [-0.2, 0) is 6.42 Å². The zero-order valence-electron chi connectivity index (χ0n) is 14.8. The van der Waals surface area contributed by atoms with Crippen molar-refractivity contribution in [3.8, 4) is 0 Å². The standard InChI is InChI=1S/C20H32O2/c1-5-6-7-8-9-10-11-12-13-18-14-19(20(21)22)17(4)15(2)16(18)3/h14H,5-13H2,1-4H3,(H,21,22). The summed E-state index contributed by atoms with van der Waals surface area (Å²) in [6, 6.07) is 1.89. The first-order valence-electron chi connectivity index (χ1n) is 8.82. The fraction of sp³-hybridized carbons (Fsp3) is 0.650. The van der Waals surface area contributed by atoms with E-state index in [9.17, 15) is 9.90 Å². The van der Waals surface area contributed by atoms with Gasteiger partial charge in [-0.25, -0.2) is 4.79 Å². The molecule has 1 aromatic carbocycles. The van der Waals surface area contributed by atoms with E-state index >= 15 is 0 Å². The molecule has 0 aromatic heterocycles. The highest BCUT2D eigenvalue weighted by atomic mass is 16.4. The minimum absolute atomic E-state index is 0.470. The van der Waals surface area contributed by atoms with E-state index < -0.39 is 5.97 Å². The van der Waals surface area contributed by atoms with Crippen LogP contribution in [0.2, 0.25) is 0 Å². The quantitative estimate of drug-likeness (QED) is 0.539. The SMILES string of the molecule is CCCCCCCCCCc1cc(C(=O)O)c(C)c(C)c1C. The number of benzene rings is 1. The number of aryl methyl sites for hydroxylation is 1. The molecular weight excluding hydrogens is 272 g/mol. The predicted molar refractivity (Wildman–Crippen MR) is 93.9 cm³/mol. The van der Waals surface area contributed by atoms with Crippen LogP contribution in [0.4, 0.5) is 0 Å². The van der Waals surface area contributed by atoms with E-state index in [1.165, 1.54) is 56.1 Å². The number of carboxylic acids is 1. The Morgan fingerprint density at radius 2 is 1.41 bits per heavy atom. The molecule has 0 spiro atoms. The van der Waals surface area contributed by atoms with Crippen molar-refractivity contribution in [2.75, 3.05) is 0 Å². The molecule has 0 aliphatic heterocycles. The molecule has 1 aromatic rings. The third-order valence-electron chi connectivity index (χ3n) is 4.86. The summed E-state index contributed by atoms with van der Waals surface area (Å²) in [5.74, 6) is -0.808. The lowest BCUT2D eigenvalue weighted by atomic mass is 9.91. The summed E-state index contributed by atoms with van der Waals surface area (Å²) in [4.78, 5) is 11.3. The van der Waals surface area contributed by atoms with Gasteiger partial charge in [-0.1, -0.05) is 51.9 Å². The Balaban J connectivity index is 2.47. The Hall–Kier alpha value is -1.31. The van der Waals surface area contributed by atoms with Crippen molar-refractivity contribution in [3.05, 3.63) is 33.9 Å². The summed E-state index contributed by atoms with van der Waals surface area (Å²) in [7, 11) is 0. The van der Waals surface area contributed by atoms with Crippen LogP contribution in [0, 0.1) is 20.8 Å². The second kappa shape index (κ2) is 9.66. The molecule has 0 saturated heterocycles. The van der Waals surface area contributed by atoms with Crippen molar-refractivity contribution >= 4 is 5.97 Å². The monoisotopic (exact) mass is 304 g/mol. The van der Waals surface area contributed by atoms with Gasteiger partial charge in [0.2, 0.25) is 0 Å². The number of rotatable bonds is 10. The van der Waals surface area contributed by atoms with E-state index in [1.807, 2.05) is 19.9 Å². The van der Waals surface area contributed by atoms with Crippen LogP contribution in [0.3, 0.4) is 0 Å². The number of aromatic carboxylic acids is 1. The minimum atomic E-state index is -0.808. The molecule has 124 valence electrons. The van der Waals surface area contributed by atoms with E-state index in [2.05, 4.69) is 13.8 Å². The summed E-state index contributed by atoms with van der Waals surface area (Å²) < 4.78 is 0. The fourth-order valence-electron chi connectivity index (χ4n) is 3.05. The molecule has 1 rings (SSSR count). The van der Waals surface area contributed by atoms with E-state index in [0.717, 1.165) is 24.0 Å². The van der Waals surface area contributed by atoms with Gasteiger partial charge in [0.25, 0.3) is 0 Å². The Kier molecular flexibility index (Phi) is 8.22. The van der Waals surface area contributed by atoms with Gasteiger partial charge in [0, 0.05) is 0 Å². The van der Waals surface area contributed by atoms with Gasteiger partial charge >= 0.3 is 5.97 Å². The van der Waals surface area contributed by atoms with Crippen LogP contribution in [0.25, 0.3) is 0 Å². The topological polar surface area (TPSA) is 37.3 Å². The summed E-state index contributed by atoms with van der Waals surface area (Å²) in [5, 5.41) is 9.32. The molecule has 0 bridgehead atoms. The summed E-state index contributed by atoms with van der Waals surface area (Å²) in [5.41, 5.74) is 4.99. The second-order valence-corrected chi connectivity index (χ2v) is 6.49. The van der Waals surface area contributed by atoms with Crippen LogP contribution in [0.5, 0.6) is 0 Å². The molecule has 0 amide bonds. The first-order valence-corrected chi connectivity index (χ1v) is 8.82. The molecule has 0 heterocycles. The lowest BCUT2D eigenvalue weighted by Crippen LogP contribution is -2.06. The van der Waals surface area contributed by atoms with E-state index in [0.29, 0.717) is 5.56 Å². The van der Waals surface area contributed by atoms with E-state index in [-0.39, 0.29) is 0 Å². The summed E-state index contributed by atoms with van der Waals surface area (Å²) in [6.07, 6.45) is 11.5. The van der Waals surface area contributed by atoms with Crippen LogP contribution in [0.15, 0.2) is 6.07 Å². The van der Waals surface area contributed by atoms with Crippen molar-refractivity contribution in [2.45, 2.75) is 85.5 Å². The summed E-state index contributed by atoms with van der Waals surface area (Å²) in [6.45, 7) is 8.31. The molecule has 0 radical (unpaired) electrons. The highest BCUT2D eigenvalue weighted by Crippen LogP contribution is 2.23. The molecule has 0 saturated carbocycles. The van der Waals surface area contributed by atoms with Crippen molar-refractivity contribution in [2.24, 2.45) is 0 Å². The molecule has 2 nitrogen and oxygen atoms in total. The van der Waals surface area contributed by atoms with E-state index in [1.54, 1.807) is 0 Å². The number of carbonyl (C=O) groups is 1. The Labute approximate surface area is 135 Å². The molecule has 2 heteroatoms. The van der Waals surface area contributed by atoms with Gasteiger partial charge in [0.15, 0.2) is 0 Å². The Bertz CT molecular complexity index is 489. The zero-order chi connectivity index (χ0) is 16.5. The van der Waals surface area contributed by atoms with Gasteiger partial charge in [-0.05, 0) is 61.9 Å².